The number of rotatable bonds is 5. The third-order valence-corrected chi connectivity index (χ3v) is 6.23. The van der Waals surface area contributed by atoms with Crippen molar-refractivity contribution >= 4 is 67.2 Å². The van der Waals surface area contributed by atoms with E-state index in [1.807, 2.05) is 0 Å². The molecule has 0 aliphatic carbocycles. The Kier molecular flexibility index (Phi) is 5.12. The number of nitrogens with one attached hydrogen (secondary N) is 2. The first-order chi connectivity index (χ1) is 9.81. The van der Waals surface area contributed by atoms with Gasteiger partial charge < -0.3 is 0 Å². The molecule has 0 fully saturated rings. The highest BCUT2D eigenvalue weighted by Gasteiger charge is 2.20. The number of benzene rings is 1. The normalized spacial score (nSPS) is 12.9. The summed E-state index contributed by atoms with van der Waals surface area (Å²) in [5.74, 6) is 0. The van der Waals surface area contributed by atoms with Gasteiger partial charge >= 0.3 is 0 Å². The van der Waals surface area contributed by atoms with E-state index in [9.17, 15) is 12.6 Å². The van der Waals surface area contributed by atoms with Crippen molar-refractivity contribution in [3.05, 3.63) is 39.7 Å². The predicted molar refractivity (Wildman–Crippen MR) is 86.0 cm³/mol. The Morgan fingerprint density at radius 3 is 2.52 bits per heavy atom. The minimum Gasteiger partial charge on any atom is -0.289 e. The number of hydrogen-bond acceptors (Lipinski definition) is 4. The van der Waals surface area contributed by atoms with Crippen molar-refractivity contribution in [3.63, 3.8) is 0 Å². The van der Waals surface area contributed by atoms with E-state index >= 15 is 0 Å². The molecule has 0 amide bonds. The second-order valence-corrected chi connectivity index (χ2v) is 8.02. The van der Waals surface area contributed by atoms with Crippen molar-refractivity contribution in [1.29, 1.82) is 0 Å². The Labute approximate surface area is 137 Å². The minimum atomic E-state index is -3.81. The average Bonchev–Trinajstić information content (AvgIpc) is 2.92. The van der Waals surface area contributed by atoms with Crippen LogP contribution in [0.5, 0.6) is 0 Å². The number of thiophene rings is 1. The van der Waals surface area contributed by atoms with Crippen LogP contribution in [0.1, 0.15) is 0 Å². The number of anilines is 2. The van der Waals surface area contributed by atoms with Crippen LogP contribution in [0.15, 0.2) is 33.9 Å². The third kappa shape index (κ3) is 3.87. The fourth-order valence-corrected chi connectivity index (χ4v) is 4.31. The molecule has 0 saturated heterocycles. The van der Waals surface area contributed by atoms with Gasteiger partial charge in [-0.1, -0.05) is 29.3 Å². The van der Waals surface area contributed by atoms with Crippen molar-refractivity contribution in [1.82, 2.24) is 0 Å². The molecule has 0 aliphatic heterocycles. The summed E-state index contributed by atoms with van der Waals surface area (Å²) < 4.78 is 48.7. The zero-order valence-corrected chi connectivity index (χ0v) is 14.0. The fourth-order valence-electron chi connectivity index (χ4n) is 1.43. The zero-order chi connectivity index (χ0) is 15.6. The van der Waals surface area contributed by atoms with Crippen molar-refractivity contribution in [2.45, 2.75) is 4.21 Å². The van der Waals surface area contributed by atoms with Gasteiger partial charge in [0.1, 0.15) is 4.21 Å². The zero-order valence-electron chi connectivity index (χ0n) is 10.0. The Bertz CT molecular complexity index is 778. The van der Waals surface area contributed by atoms with Gasteiger partial charge in [-0.2, -0.15) is 0 Å². The van der Waals surface area contributed by atoms with Crippen LogP contribution in [-0.4, -0.2) is 17.2 Å². The van der Waals surface area contributed by atoms with Crippen LogP contribution in [-0.2, 0) is 21.3 Å². The van der Waals surface area contributed by atoms with Gasteiger partial charge in [-0.25, -0.2) is 12.6 Å². The summed E-state index contributed by atoms with van der Waals surface area (Å²) in [6.45, 7) is 0. The largest absolute Gasteiger partial charge is 0.289 e. The monoisotopic (exact) mass is 386 g/mol. The Hall–Kier alpha value is -0.840. The molecule has 2 rings (SSSR count). The van der Waals surface area contributed by atoms with E-state index in [0.29, 0.717) is 0 Å². The summed E-state index contributed by atoms with van der Waals surface area (Å²) in [6.07, 6.45) is 0. The lowest BCUT2D eigenvalue weighted by Gasteiger charge is -2.14. The van der Waals surface area contributed by atoms with Gasteiger partial charge in [-0.15, -0.1) is 11.3 Å². The van der Waals surface area contributed by atoms with Gasteiger partial charge in [0.2, 0.25) is 0 Å². The molecule has 1 aromatic carbocycles. The summed E-state index contributed by atoms with van der Waals surface area (Å²) in [4.78, 5) is 0. The molecule has 1 aromatic heterocycles. The summed E-state index contributed by atoms with van der Waals surface area (Å²) >= 11 is 10.3. The highest BCUT2D eigenvalue weighted by molar-refractivity contribution is 7.94. The van der Waals surface area contributed by atoms with Gasteiger partial charge in [-0.3, -0.25) is 14.0 Å². The van der Waals surface area contributed by atoms with Crippen molar-refractivity contribution < 1.29 is 17.2 Å². The second-order valence-electron chi connectivity index (χ2n) is 3.67. The molecular formula is C10H8Cl2N2O4S3. The maximum absolute atomic E-state index is 12.2. The molecule has 0 spiro atoms. The molecule has 0 radical (unpaired) electrons. The lowest BCUT2D eigenvalue weighted by Crippen LogP contribution is -2.14. The van der Waals surface area contributed by atoms with Gasteiger partial charge in [0.05, 0.1) is 21.4 Å². The summed E-state index contributed by atoms with van der Waals surface area (Å²) in [7, 11) is -3.81. The SMILES string of the molecule is O=S(O)Nc1c(NS(=O)(=O)c2cccs2)ccc(Cl)c1Cl. The maximum atomic E-state index is 12.2. The number of sulfonamides is 1. The molecule has 114 valence electrons. The number of hydrogen-bond donors (Lipinski definition) is 3. The molecule has 1 atom stereocenters. The van der Waals surface area contributed by atoms with E-state index in [1.54, 1.807) is 11.4 Å². The minimum absolute atomic E-state index is 0.0141. The van der Waals surface area contributed by atoms with E-state index in [4.69, 9.17) is 27.8 Å². The van der Waals surface area contributed by atoms with Gasteiger partial charge in [0, 0.05) is 0 Å². The smallest absolute Gasteiger partial charge is 0.271 e. The van der Waals surface area contributed by atoms with E-state index in [0.717, 1.165) is 11.3 Å². The molecule has 2 aromatic rings. The lowest BCUT2D eigenvalue weighted by atomic mass is 10.3. The molecule has 1 heterocycles. The van der Waals surface area contributed by atoms with Crippen LogP contribution >= 0.6 is 34.5 Å². The molecule has 11 heteroatoms. The molecule has 0 saturated carbocycles. The lowest BCUT2D eigenvalue weighted by molar-refractivity contribution is 0.570. The van der Waals surface area contributed by atoms with Crippen LogP contribution in [0.25, 0.3) is 0 Å². The van der Waals surface area contributed by atoms with Crippen LogP contribution in [0.2, 0.25) is 10.0 Å². The molecule has 6 nitrogen and oxygen atoms in total. The summed E-state index contributed by atoms with van der Waals surface area (Å²) in [5.41, 5.74) is -0.0645. The van der Waals surface area contributed by atoms with Crippen molar-refractivity contribution in [3.8, 4) is 0 Å². The second kappa shape index (κ2) is 6.51. The molecule has 1 unspecified atom stereocenters. The Balaban J connectivity index is 2.45. The van der Waals surface area contributed by atoms with E-state index < -0.39 is 21.3 Å². The third-order valence-electron chi connectivity index (χ3n) is 2.29. The van der Waals surface area contributed by atoms with Crippen LogP contribution < -0.4 is 9.44 Å². The first-order valence-electron chi connectivity index (χ1n) is 5.23. The quantitative estimate of drug-likeness (QED) is 0.686. The highest BCUT2D eigenvalue weighted by Crippen LogP contribution is 2.37. The maximum Gasteiger partial charge on any atom is 0.271 e. The van der Waals surface area contributed by atoms with Crippen LogP contribution in [0, 0.1) is 0 Å². The first kappa shape index (κ1) is 16.5. The fraction of sp³-hybridized carbons (Fsp3) is 0. The van der Waals surface area contributed by atoms with Gasteiger partial charge in [0.15, 0.2) is 0 Å². The molecule has 0 bridgehead atoms. The first-order valence-corrected chi connectivity index (χ1v) is 9.45. The van der Waals surface area contributed by atoms with E-state index in [2.05, 4.69) is 9.44 Å². The average molecular weight is 387 g/mol. The Morgan fingerprint density at radius 1 is 1.24 bits per heavy atom. The molecule has 3 N–H and O–H groups in total. The van der Waals surface area contributed by atoms with Crippen LogP contribution in [0.4, 0.5) is 11.4 Å². The van der Waals surface area contributed by atoms with Crippen molar-refractivity contribution in [2.24, 2.45) is 0 Å². The standard InChI is InChI=1S/C10H8Cl2N2O4S3/c11-6-3-4-7(10(9(6)12)13-20(15)16)14-21(17,18)8-2-1-5-19-8/h1-5,13-14H,(H,15,16). The van der Waals surface area contributed by atoms with E-state index in [1.165, 1.54) is 18.2 Å². The predicted octanol–water partition coefficient (Wildman–Crippen LogP) is 3.40. The topological polar surface area (TPSA) is 95.5 Å². The van der Waals surface area contributed by atoms with Gasteiger partial charge in [0.25, 0.3) is 21.3 Å². The van der Waals surface area contributed by atoms with Crippen molar-refractivity contribution in [2.75, 3.05) is 9.44 Å². The molecular weight excluding hydrogens is 379 g/mol. The van der Waals surface area contributed by atoms with Gasteiger partial charge in [-0.05, 0) is 23.6 Å². The highest BCUT2D eigenvalue weighted by atomic mass is 35.5. The molecule has 0 aliphatic rings. The molecule has 21 heavy (non-hydrogen) atoms. The van der Waals surface area contributed by atoms with E-state index in [-0.39, 0.29) is 25.6 Å². The summed E-state index contributed by atoms with van der Waals surface area (Å²) in [6, 6.07) is 5.74. The number of halogens is 2. The Morgan fingerprint density at radius 2 is 1.95 bits per heavy atom. The summed E-state index contributed by atoms with van der Waals surface area (Å²) in [5, 5.41) is 1.67. The van der Waals surface area contributed by atoms with Crippen LogP contribution in [0.3, 0.4) is 0 Å².